The lowest BCUT2D eigenvalue weighted by molar-refractivity contribution is 0.105. The molecule has 0 saturated heterocycles. The van der Waals surface area contributed by atoms with Crippen molar-refractivity contribution in [1.82, 2.24) is 0 Å². The third-order valence-corrected chi connectivity index (χ3v) is 7.29. The summed E-state index contributed by atoms with van der Waals surface area (Å²) in [7, 11) is -5.90. The van der Waals surface area contributed by atoms with Crippen LogP contribution in [-0.4, -0.2) is 36.0 Å². The second-order valence-corrected chi connectivity index (χ2v) is 13.7. The third-order valence-electron chi connectivity index (χ3n) is 6.14. The van der Waals surface area contributed by atoms with Crippen LogP contribution in [-0.2, 0) is 13.7 Å². The van der Waals surface area contributed by atoms with Crippen LogP contribution >= 0.6 is 15.6 Å². The van der Waals surface area contributed by atoms with Crippen LogP contribution in [0.1, 0.15) is 101 Å². The van der Waals surface area contributed by atoms with E-state index in [1.54, 1.807) is 0 Å². The number of ether oxygens (including phenoxy) is 2. The van der Waals surface area contributed by atoms with Crippen LogP contribution in [0.5, 0.6) is 11.5 Å². The quantitative estimate of drug-likeness (QED) is 0.191. The van der Waals surface area contributed by atoms with E-state index in [0.29, 0.717) is 5.75 Å². The Hall–Kier alpha value is -1.75. The van der Waals surface area contributed by atoms with Gasteiger partial charge in [0, 0.05) is 6.66 Å². The molecule has 2 N–H and O–H groups in total. The van der Waals surface area contributed by atoms with E-state index in [9.17, 15) is 18.9 Å². The molecule has 206 valence electrons. The topological polar surface area (TPSA) is 102 Å². The van der Waals surface area contributed by atoms with Crippen molar-refractivity contribution in [3.05, 3.63) is 46.5 Å². The summed E-state index contributed by atoms with van der Waals surface area (Å²) in [4.78, 5) is 18.7. The van der Waals surface area contributed by atoms with Gasteiger partial charge in [-0.2, -0.15) is 4.89 Å². The third kappa shape index (κ3) is 8.90. The Bertz CT molecular complexity index is 1080. The minimum atomic E-state index is -3.65. The second kappa shape index (κ2) is 13.4. The fourth-order valence-corrected chi connectivity index (χ4v) is 4.64. The number of rotatable bonds is 13. The van der Waals surface area contributed by atoms with E-state index >= 15 is 0 Å². The summed E-state index contributed by atoms with van der Waals surface area (Å²) in [6.45, 7) is 17.9. The Morgan fingerprint density at radius 1 is 0.757 bits per heavy atom. The molecule has 2 aromatic rings. The molecular formula is C28H43O7P2+. The van der Waals surface area contributed by atoms with Gasteiger partial charge in [0.1, 0.15) is 18.1 Å². The van der Waals surface area contributed by atoms with Crippen molar-refractivity contribution in [2.45, 2.75) is 79.1 Å². The highest BCUT2D eigenvalue weighted by molar-refractivity contribution is 7.51. The molecule has 0 bridgehead atoms. The molecular weight excluding hydrogens is 510 g/mol. The van der Waals surface area contributed by atoms with Crippen LogP contribution in [0, 0.1) is 0 Å². The summed E-state index contributed by atoms with van der Waals surface area (Å²) in [5, 5.41) is 0. The predicted octanol–water partition coefficient (Wildman–Crippen LogP) is 8.13. The van der Waals surface area contributed by atoms with Crippen LogP contribution in [0.3, 0.4) is 0 Å². The minimum Gasteiger partial charge on any atom is -0.488 e. The van der Waals surface area contributed by atoms with Crippen molar-refractivity contribution in [2.24, 2.45) is 0 Å². The Labute approximate surface area is 223 Å². The lowest BCUT2D eigenvalue weighted by Gasteiger charge is -2.24. The maximum Gasteiger partial charge on any atom is 0.509 e. The molecule has 0 radical (unpaired) electrons. The Balaban J connectivity index is 2.69. The average Bonchev–Trinajstić information content (AvgIpc) is 2.77. The molecule has 0 fully saturated rings. The van der Waals surface area contributed by atoms with Gasteiger partial charge in [-0.3, -0.25) is 9.09 Å². The van der Waals surface area contributed by atoms with Gasteiger partial charge in [0.2, 0.25) is 6.16 Å². The van der Waals surface area contributed by atoms with Gasteiger partial charge >= 0.3 is 15.6 Å². The van der Waals surface area contributed by atoms with Crippen LogP contribution in [0.4, 0.5) is 0 Å². The first-order valence-electron chi connectivity index (χ1n) is 12.8. The van der Waals surface area contributed by atoms with E-state index in [-0.39, 0.29) is 43.2 Å². The van der Waals surface area contributed by atoms with Crippen molar-refractivity contribution in [2.75, 3.05) is 26.2 Å². The zero-order valence-corrected chi connectivity index (χ0v) is 25.4. The molecule has 0 heterocycles. The van der Waals surface area contributed by atoms with Crippen LogP contribution in [0.25, 0.3) is 11.1 Å². The van der Waals surface area contributed by atoms with Gasteiger partial charge < -0.3 is 14.4 Å². The Morgan fingerprint density at radius 2 is 1.11 bits per heavy atom. The summed E-state index contributed by atoms with van der Waals surface area (Å²) in [5.41, 5.74) is 6.23. The normalized spacial score (nSPS) is 14.0. The Morgan fingerprint density at radius 3 is 1.41 bits per heavy atom. The van der Waals surface area contributed by atoms with E-state index < -0.39 is 15.6 Å². The summed E-state index contributed by atoms with van der Waals surface area (Å²) in [6, 6.07) is 8.54. The fraction of sp³-hybridized carbons (Fsp3) is 0.571. The number of hydrogen-bond donors (Lipinski definition) is 2. The first-order valence-corrected chi connectivity index (χ1v) is 16.2. The van der Waals surface area contributed by atoms with Gasteiger partial charge in [-0.05, 0) is 85.9 Å². The van der Waals surface area contributed by atoms with Crippen molar-refractivity contribution >= 4 is 15.6 Å². The molecule has 0 aromatic heterocycles. The van der Waals surface area contributed by atoms with Crippen LogP contribution in [0.15, 0.2) is 24.3 Å². The summed E-state index contributed by atoms with van der Waals surface area (Å²) < 4.78 is 39.8. The van der Waals surface area contributed by atoms with Gasteiger partial charge in [-0.1, -0.05) is 55.4 Å². The lowest BCUT2D eigenvalue weighted by Crippen LogP contribution is -2.09. The average molecular weight is 554 g/mol. The largest absolute Gasteiger partial charge is 0.509 e. The molecule has 2 rings (SSSR count). The summed E-state index contributed by atoms with van der Waals surface area (Å²) in [5.74, 6) is 2.15. The maximum atomic E-state index is 11.6. The molecule has 0 saturated carbocycles. The fourth-order valence-electron chi connectivity index (χ4n) is 4.14. The molecule has 0 amide bonds. The van der Waals surface area contributed by atoms with E-state index in [1.807, 2.05) is 0 Å². The highest BCUT2D eigenvalue weighted by atomic mass is 31.2. The van der Waals surface area contributed by atoms with Crippen molar-refractivity contribution in [3.63, 3.8) is 0 Å². The molecule has 2 aromatic carbocycles. The van der Waals surface area contributed by atoms with Gasteiger partial charge in [-0.25, -0.2) is 0 Å². The summed E-state index contributed by atoms with van der Waals surface area (Å²) >= 11 is 0. The predicted molar refractivity (Wildman–Crippen MR) is 151 cm³/mol. The SMILES string of the molecule is CC(C)c1cc(-c2cc(C(C)C)c(OCOP(C)(=O)O)c(C(C)C)c2)cc(C(C)C)c1OCC[P+](=O)O. The Kier molecular flexibility index (Phi) is 11.4. The van der Waals surface area contributed by atoms with E-state index in [1.165, 1.54) is 0 Å². The zero-order valence-electron chi connectivity index (χ0n) is 23.6. The van der Waals surface area contributed by atoms with Crippen LogP contribution < -0.4 is 9.47 Å². The van der Waals surface area contributed by atoms with Crippen molar-refractivity contribution in [3.8, 4) is 22.6 Å². The molecule has 2 atom stereocenters. The molecule has 37 heavy (non-hydrogen) atoms. The van der Waals surface area contributed by atoms with Crippen molar-refractivity contribution < 1.29 is 32.9 Å². The molecule has 0 aliphatic carbocycles. The highest BCUT2D eigenvalue weighted by Gasteiger charge is 2.23. The first kappa shape index (κ1) is 31.5. The van der Waals surface area contributed by atoms with E-state index in [0.717, 1.165) is 45.8 Å². The van der Waals surface area contributed by atoms with Gasteiger partial charge in [0.25, 0.3) is 0 Å². The van der Waals surface area contributed by atoms with E-state index in [4.69, 9.17) is 14.0 Å². The minimum absolute atomic E-state index is 0.0938. The first-order chi connectivity index (χ1) is 17.1. The summed E-state index contributed by atoms with van der Waals surface area (Å²) in [6.07, 6.45) is 0.0938. The van der Waals surface area contributed by atoms with Gasteiger partial charge in [0.05, 0.1) is 0 Å². The molecule has 7 nitrogen and oxygen atoms in total. The van der Waals surface area contributed by atoms with Crippen molar-refractivity contribution in [1.29, 1.82) is 0 Å². The standard InChI is InChI=1S/C28H42O7P2/c1-17(2)23-12-21(13-24(18(3)4)27(23)33-10-11-36(29)30)22-14-25(19(5)6)28(26(15-22)20(7)8)34-16-35-37(9,31)32/h12-15,17-20H,10-11,16H2,1-9H3,(H-,29,30,31,32)/p+1. The number of benzene rings is 2. The second-order valence-electron chi connectivity index (χ2n) is 10.7. The molecule has 2 unspecified atom stereocenters. The zero-order chi connectivity index (χ0) is 28.1. The van der Waals surface area contributed by atoms with E-state index in [2.05, 4.69) is 79.7 Å². The van der Waals surface area contributed by atoms with Gasteiger partial charge in [-0.15, -0.1) is 0 Å². The lowest BCUT2D eigenvalue weighted by atomic mass is 9.86. The highest BCUT2D eigenvalue weighted by Crippen LogP contribution is 2.43. The van der Waals surface area contributed by atoms with Gasteiger partial charge in [0.15, 0.2) is 6.79 Å². The monoisotopic (exact) mass is 553 g/mol. The smallest absolute Gasteiger partial charge is 0.488 e. The maximum absolute atomic E-state index is 11.6. The molecule has 0 aliphatic heterocycles. The molecule has 9 heteroatoms. The number of hydrogen-bond acceptors (Lipinski definition) is 5. The molecule has 0 spiro atoms. The molecule has 0 aliphatic rings. The van der Waals surface area contributed by atoms with Crippen LogP contribution in [0.2, 0.25) is 0 Å².